The molecule has 1 saturated heterocycles. The molecule has 1 aliphatic carbocycles. The van der Waals surface area contributed by atoms with E-state index < -0.39 is 17.7 Å². The van der Waals surface area contributed by atoms with Crippen LogP contribution in [0.5, 0.6) is 11.5 Å². The summed E-state index contributed by atoms with van der Waals surface area (Å²) in [7, 11) is 0. The van der Waals surface area contributed by atoms with Crippen LogP contribution in [0, 0.1) is 0 Å². The average molecular weight is 421 g/mol. The molecule has 1 unspecified atom stereocenters. The third kappa shape index (κ3) is 4.02. The Kier molecular flexibility index (Phi) is 5.72. The maximum atomic E-state index is 13.1. The van der Waals surface area contributed by atoms with Crippen LogP contribution in [0.1, 0.15) is 56.7 Å². The molecule has 0 aromatic heterocycles. The van der Waals surface area contributed by atoms with Crippen molar-refractivity contribution in [1.29, 1.82) is 0 Å². The number of aromatic hydroxyl groups is 1. The molecule has 1 saturated carbocycles. The highest BCUT2D eigenvalue weighted by molar-refractivity contribution is 6.46. The maximum absolute atomic E-state index is 13.1. The molecule has 1 aliphatic heterocycles. The van der Waals surface area contributed by atoms with Crippen LogP contribution in [0.15, 0.2) is 54.1 Å². The van der Waals surface area contributed by atoms with Crippen LogP contribution in [0.2, 0.25) is 0 Å². The van der Waals surface area contributed by atoms with Gasteiger partial charge < -0.3 is 19.8 Å². The molecule has 0 spiro atoms. The summed E-state index contributed by atoms with van der Waals surface area (Å²) in [6.45, 7) is 3.85. The van der Waals surface area contributed by atoms with Crippen LogP contribution in [0.3, 0.4) is 0 Å². The molecule has 162 valence electrons. The lowest BCUT2D eigenvalue weighted by molar-refractivity contribution is -0.141. The Morgan fingerprint density at radius 3 is 2.35 bits per heavy atom. The normalized spacial score (nSPS) is 21.3. The molecule has 2 fully saturated rings. The fourth-order valence-electron chi connectivity index (χ4n) is 4.55. The first kappa shape index (κ1) is 21.0. The Labute approximate surface area is 181 Å². The predicted octanol–water partition coefficient (Wildman–Crippen LogP) is 4.54. The Morgan fingerprint density at radius 2 is 1.74 bits per heavy atom. The van der Waals surface area contributed by atoms with Crippen molar-refractivity contribution in [3.05, 3.63) is 65.2 Å². The minimum atomic E-state index is -0.734. The van der Waals surface area contributed by atoms with E-state index in [9.17, 15) is 19.8 Å². The van der Waals surface area contributed by atoms with Crippen LogP contribution in [-0.2, 0) is 9.59 Å². The number of phenolic OH excluding ortho intramolecular Hbond substituents is 1. The Balaban J connectivity index is 1.81. The van der Waals surface area contributed by atoms with E-state index in [1.807, 2.05) is 13.8 Å². The maximum Gasteiger partial charge on any atom is 0.295 e. The largest absolute Gasteiger partial charge is 0.508 e. The smallest absolute Gasteiger partial charge is 0.295 e. The lowest BCUT2D eigenvalue weighted by Gasteiger charge is -2.30. The number of rotatable bonds is 5. The highest BCUT2D eigenvalue weighted by Crippen LogP contribution is 2.44. The van der Waals surface area contributed by atoms with Gasteiger partial charge in [-0.3, -0.25) is 9.59 Å². The van der Waals surface area contributed by atoms with Gasteiger partial charge in [-0.25, -0.2) is 0 Å². The van der Waals surface area contributed by atoms with E-state index in [1.54, 1.807) is 53.4 Å². The first-order valence-electron chi connectivity index (χ1n) is 10.7. The van der Waals surface area contributed by atoms with Crippen molar-refractivity contribution in [3.8, 4) is 11.5 Å². The zero-order chi connectivity index (χ0) is 22.1. The molecule has 1 heterocycles. The topological polar surface area (TPSA) is 87.1 Å². The number of phenols is 1. The number of carbonyl (C=O) groups is 2. The van der Waals surface area contributed by atoms with Crippen LogP contribution in [-0.4, -0.2) is 38.9 Å². The van der Waals surface area contributed by atoms with Crippen LogP contribution < -0.4 is 4.74 Å². The van der Waals surface area contributed by atoms with Crippen LogP contribution in [0.4, 0.5) is 0 Å². The summed E-state index contributed by atoms with van der Waals surface area (Å²) in [5.41, 5.74) is 1.10. The van der Waals surface area contributed by atoms with E-state index in [4.69, 9.17) is 4.74 Å². The van der Waals surface area contributed by atoms with Gasteiger partial charge in [0.15, 0.2) is 0 Å². The molecular formula is C25H27NO5. The van der Waals surface area contributed by atoms with Crippen LogP contribution in [0.25, 0.3) is 5.76 Å². The summed E-state index contributed by atoms with van der Waals surface area (Å²) in [6, 6.07) is 12.5. The van der Waals surface area contributed by atoms with Crippen molar-refractivity contribution in [1.82, 2.24) is 4.90 Å². The van der Waals surface area contributed by atoms with Gasteiger partial charge in [0, 0.05) is 11.6 Å². The van der Waals surface area contributed by atoms with Gasteiger partial charge in [-0.05, 0) is 68.7 Å². The molecular weight excluding hydrogens is 394 g/mol. The second kappa shape index (κ2) is 8.46. The number of likely N-dealkylation sites (tertiary alicyclic amines) is 1. The summed E-state index contributed by atoms with van der Waals surface area (Å²) in [6.07, 6.45) is 3.66. The number of aliphatic hydroxyl groups excluding tert-OH is 1. The third-order valence-electron chi connectivity index (χ3n) is 5.88. The van der Waals surface area contributed by atoms with Crippen molar-refractivity contribution < 1.29 is 24.5 Å². The summed E-state index contributed by atoms with van der Waals surface area (Å²) in [5.74, 6) is -0.808. The summed E-state index contributed by atoms with van der Waals surface area (Å²) in [4.78, 5) is 27.7. The monoisotopic (exact) mass is 421 g/mol. The minimum Gasteiger partial charge on any atom is -0.508 e. The van der Waals surface area contributed by atoms with Crippen molar-refractivity contribution in [2.24, 2.45) is 0 Å². The Morgan fingerprint density at radius 1 is 1.06 bits per heavy atom. The molecule has 0 bridgehead atoms. The summed E-state index contributed by atoms with van der Waals surface area (Å²) in [5, 5.41) is 21.1. The van der Waals surface area contributed by atoms with Gasteiger partial charge in [0.1, 0.15) is 17.3 Å². The molecule has 4 rings (SSSR count). The number of ether oxygens (including phenoxy) is 1. The van der Waals surface area contributed by atoms with Gasteiger partial charge in [-0.15, -0.1) is 0 Å². The van der Waals surface area contributed by atoms with Crippen molar-refractivity contribution in [2.75, 3.05) is 0 Å². The number of nitrogens with zero attached hydrogens (tertiary/aromatic N) is 1. The second-order valence-electron chi connectivity index (χ2n) is 8.43. The summed E-state index contributed by atoms with van der Waals surface area (Å²) >= 11 is 0. The van der Waals surface area contributed by atoms with Crippen molar-refractivity contribution in [3.63, 3.8) is 0 Å². The molecule has 31 heavy (non-hydrogen) atoms. The van der Waals surface area contributed by atoms with E-state index in [0.29, 0.717) is 16.9 Å². The van der Waals surface area contributed by atoms with Crippen molar-refractivity contribution in [2.45, 2.75) is 57.7 Å². The number of aliphatic hydroxyl groups is 1. The molecule has 2 N–H and O–H groups in total. The van der Waals surface area contributed by atoms with Gasteiger partial charge in [0.2, 0.25) is 0 Å². The minimum absolute atomic E-state index is 0.0157. The SMILES string of the molecule is CC(C)Oc1ccc(/C(O)=C2/C(=O)C(=O)N(C3CCCC3)C2c2cccc(O)c2)cc1. The number of hydrogen-bond acceptors (Lipinski definition) is 5. The number of ketones is 1. The lowest BCUT2D eigenvalue weighted by Crippen LogP contribution is -2.37. The highest BCUT2D eigenvalue weighted by atomic mass is 16.5. The first-order valence-corrected chi connectivity index (χ1v) is 10.7. The van der Waals surface area contributed by atoms with Crippen LogP contribution >= 0.6 is 0 Å². The average Bonchev–Trinajstić information content (AvgIpc) is 3.35. The number of benzene rings is 2. The number of carbonyl (C=O) groups excluding carboxylic acids is 2. The zero-order valence-corrected chi connectivity index (χ0v) is 17.7. The quantitative estimate of drug-likeness (QED) is 0.420. The van der Waals surface area contributed by atoms with Gasteiger partial charge >= 0.3 is 0 Å². The fraction of sp³-hybridized carbons (Fsp3) is 0.360. The zero-order valence-electron chi connectivity index (χ0n) is 17.7. The third-order valence-corrected chi connectivity index (χ3v) is 5.88. The molecule has 1 amide bonds. The molecule has 6 heteroatoms. The summed E-state index contributed by atoms with van der Waals surface area (Å²) < 4.78 is 5.65. The van der Waals surface area contributed by atoms with E-state index >= 15 is 0 Å². The number of hydrogen-bond donors (Lipinski definition) is 2. The molecule has 6 nitrogen and oxygen atoms in total. The Hall–Kier alpha value is -3.28. The Bertz CT molecular complexity index is 1020. The fourth-order valence-corrected chi connectivity index (χ4v) is 4.55. The van der Waals surface area contributed by atoms with Gasteiger partial charge in [0.05, 0.1) is 17.7 Å². The number of amides is 1. The molecule has 2 aliphatic rings. The lowest BCUT2D eigenvalue weighted by atomic mass is 9.94. The number of Topliss-reactive ketones (excluding diaryl/α,β-unsaturated/α-hetero) is 1. The van der Waals surface area contributed by atoms with E-state index in [0.717, 1.165) is 25.7 Å². The van der Waals surface area contributed by atoms with Gasteiger partial charge in [-0.1, -0.05) is 25.0 Å². The van der Waals surface area contributed by atoms with Gasteiger partial charge in [-0.2, -0.15) is 0 Å². The molecule has 1 atom stereocenters. The standard InChI is InChI=1S/C25H27NO5/c1-15(2)31-20-12-10-16(11-13-20)23(28)21-22(17-6-5-9-19(27)14-17)26(25(30)24(21)29)18-7-3-4-8-18/h5-6,9-15,18,22,27-28H,3-4,7-8H2,1-2H3/b23-21-. The molecule has 2 aromatic rings. The first-order chi connectivity index (χ1) is 14.9. The second-order valence-corrected chi connectivity index (χ2v) is 8.43. The van der Waals surface area contributed by atoms with E-state index in [2.05, 4.69) is 0 Å². The van der Waals surface area contributed by atoms with E-state index in [-0.39, 0.29) is 29.2 Å². The molecule has 2 aromatic carbocycles. The molecule has 0 radical (unpaired) electrons. The predicted molar refractivity (Wildman–Crippen MR) is 117 cm³/mol. The van der Waals surface area contributed by atoms with Gasteiger partial charge in [0.25, 0.3) is 11.7 Å². The van der Waals surface area contributed by atoms with Crippen molar-refractivity contribution >= 4 is 17.4 Å². The highest BCUT2D eigenvalue weighted by Gasteiger charge is 2.49. The van der Waals surface area contributed by atoms with E-state index in [1.165, 1.54) is 0 Å².